The van der Waals surface area contributed by atoms with Crippen LogP contribution < -0.4 is 5.32 Å². The highest BCUT2D eigenvalue weighted by Crippen LogP contribution is 2.27. The standard InChI is InChI=1S/C26H28N6O5/c1-27-22(35)8-7-21(16-34)31(2)26(36)24-19(15-33)4-3-11-32(24)14-23-29-25(30-37-23)18-6-5-17-9-10-28-13-20(17)12-18/h5-6,9-10,12-13,15-16,21H,3-4,7-8,11,14H2,1-2H3,(H,27,35). The Balaban J connectivity index is 1.54. The summed E-state index contributed by atoms with van der Waals surface area (Å²) in [5, 5.41) is 8.58. The van der Waals surface area contributed by atoms with Gasteiger partial charge in [-0.2, -0.15) is 4.98 Å². The van der Waals surface area contributed by atoms with E-state index < -0.39 is 11.9 Å². The minimum absolute atomic E-state index is 0.0937. The molecule has 0 aliphatic carbocycles. The molecule has 1 aliphatic heterocycles. The second-order valence-corrected chi connectivity index (χ2v) is 8.80. The van der Waals surface area contributed by atoms with Gasteiger partial charge in [0.15, 0.2) is 0 Å². The number of rotatable bonds is 10. The van der Waals surface area contributed by atoms with Crippen molar-refractivity contribution in [2.75, 3.05) is 20.6 Å². The summed E-state index contributed by atoms with van der Waals surface area (Å²) in [7, 11) is 3.00. The third-order valence-corrected chi connectivity index (χ3v) is 6.45. The van der Waals surface area contributed by atoms with Crippen molar-refractivity contribution in [2.24, 2.45) is 0 Å². The summed E-state index contributed by atoms with van der Waals surface area (Å²) in [5.74, 6) is -0.0160. The van der Waals surface area contributed by atoms with Crippen LogP contribution in [0.4, 0.5) is 0 Å². The van der Waals surface area contributed by atoms with Crippen molar-refractivity contribution in [3.05, 3.63) is 53.8 Å². The van der Waals surface area contributed by atoms with Gasteiger partial charge in [-0.3, -0.25) is 19.4 Å². The van der Waals surface area contributed by atoms with Gasteiger partial charge in [0, 0.05) is 56.0 Å². The van der Waals surface area contributed by atoms with Gasteiger partial charge in [-0.25, -0.2) is 0 Å². The molecule has 11 heteroatoms. The quantitative estimate of drug-likeness (QED) is 0.410. The molecule has 11 nitrogen and oxygen atoms in total. The van der Waals surface area contributed by atoms with E-state index >= 15 is 0 Å². The van der Waals surface area contributed by atoms with E-state index in [0.29, 0.717) is 43.4 Å². The van der Waals surface area contributed by atoms with E-state index in [9.17, 15) is 19.2 Å². The Morgan fingerprint density at radius 2 is 2.08 bits per heavy atom. The number of aromatic nitrogens is 3. The van der Waals surface area contributed by atoms with Gasteiger partial charge in [-0.05, 0) is 36.8 Å². The predicted octanol–water partition coefficient (Wildman–Crippen LogP) is 1.89. The second kappa shape index (κ2) is 11.5. The largest absolute Gasteiger partial charge is 0.359 e. The molecule has 0 spiro atoms. The lowest BCUT2D eigenvalue weighted by atomic mass is 10.0. The number of aldehydes is 2. The number of likely N-dealkylation sites (N-methyl/N-ethyl adjacent to an activating group) is 1. The Kier molecular flexibility index (Phi) is 8.02. The number of nitrogens with zero attached hydrogens (tertiary/aromatic N) is 5. The summed E-state index contributed by atoms with van der Waals surface area (Å²) in [6.07, 6.45) is 6.17. The molecule has 2 aromatic heterocycles. The smallest absolute Gasteiger partial charge is 0.270 e. The van der Waals surface area contributed by atoms with Gasteiger partial charge in [0.05, 0.1) is 12.6 Å². The van der Waals surface area contributed by atoms with Gasteiger partial charge in [0.1, 0.15) is 18.3 Å². The first-order valence-electron chi connectivity index (χ1n) is 12.0. The van der Waals surface area contributed by atoms with Crippen molar-refractivity contribution in [2.45, 2.75) is 38.3 Å². The zero-order valence-corrected chi connectivity index (χ0v) is 20.7. The highest BCUT2D eigenvalue weighted by molar-refractivity contribution is 5.99. The molecule has 1 aromatic carbocycles. The van der Waals surface area contributed by atoms with Crippen LogP contribution in [0.25, 0.3) is 22.2 Å². The van der Waals surface area contributed by atoms with E-state index in [4.69, 9.17) is 4.52 Å². The van der Waals surface area contributed by atoms with Crippen LogP contribution >= 0.6 is 0 Å². The van der Waals surface area contributed by atoms with E-state index in [1.165, 1.54) is 19.0 Å². The van der Waals surface area contributed by atoms with Crippen LogP contribution in [0.3, 0.4) is 0 Å². The lowest BCUT2D eigenvalue weighted by Gasteiger charge is -2.34. The van der Waals surface area contributed by atoms with Gasteiger partial charge in [-0.15, -0.1) is 0 Å². The number of carbonyl (C=O) groups excluding carboxylic acids is 4. The van der Waals surface area contributed by atoms with E-state index in [0.717, 1.165) is 16.3 Å². The zero-order chi connectivity index (χ0) is 26.4. The first kappa shape index (κ1) is 25.7. The second-order valence-electron chi connectivity index (χ2n) is 8.80. The molecule has 37 heavy (non-hydrogen) atoms. The number of amides is 2. The summed E-state index contributed by atoms with van der Waals surface area (Å²) in [5.41, 5.74) is 1.31. The normalized spacial score (nSPS) is 14.4. The van der Waals surface area contributed by atoms with Crippen molar-refractivity contribution in [1.82, 2.24) is 30.2 Å². The molecular weight excluding hydrogens is 476 g/mol. The van der Waals surface area contributed by atoms with Gasteiger partial charge in [0.2, 0.25) is 17.6 Å². The lowest BCUT2D eigenvalue weighted by molar-refractivity contribution is -0.134. The monoisotopic (exact) mass is 504 g/mol. The van der Waals surface area contributed by atoms with Crippen molar-refractivity contribution in [3.63, 3.8) is 0 Å². The minimum atomic E-state index is -0.814. The highest BCUT2D eigenvalue weighted by atomic mass is 16.5. The number of hydrogen-bond donors (Lipinski definition) is 1. The molecular formula is C26H28N6O5. The molecule has 0 saturated heterocycles. The fourth-order valence-electron chi connectivity index (χ4n) is 4.34. The molecule has 192 valence electrons. The molecule has 1 unspecified atom stereocenters. The van der Waals surface area contributed by atoms with E-state index in [1.54, 1.807) is 17.3 Å². The Hall–Kier alpha value is -4.41. The van der Waals surface area contributed by atoms with Gasteiger partial charge in [-0.1, -0.05) is 17.3 Å². The van der Waals surface area contributed by atoms with Crippen LogP contribution in [0, 0.1) is 0 Å². The summed E-state index contributed by atoms with van der Waals surface area (Å²) < 4.78 is 5.48. The molecule has 1 atom stereocenters. The topological polar surface area (TPSA) is 139 Å². The zero-order valence-electron chi connectivity index (χ0n) is 20.7. The first-order valence-corrected chi connectivity index (χ1v) is 12.0. The van der Waals surface area contributed by atoms with Crippen LogP contribution in [-0.2, 0) is 25.7 Å². The predicted molar refractivity (Wildman–Crippen MR) is 134 cm³/mol. The SMILES string of the molecule is CNC(=O)CCC(C=O)N(C)C(=O)C1=C(C=O)CCCN1Cc1nc(-c2ccc3ccncc3c2)no1. The molecule has 0 bridgehead atoms. The summed E-state index contributed by atoms with van der Waals surface area (Å²) in [6.45, 7) is 0.619. The average Bonchev–Trinajstić information content (AvgIpc) is 3.40. The molecule has 3 heterocycles. The van der Waals surface area contributed by atoms with Crippen LogP contribution in [0.2, 0.25) is 0 Å². The van der Waals surface area contributed by atoms with E-state index in [1.807, 2.05) is 24.3 Å². The molecule has 4 rings (SSSR count). The molecule has 2 amide bonds. The molecule has 1 N–H and O–H groups in total. The first-order chi connectivity index (χ1) is 17.9. The molecule has 0 saturated carbocycles. The number of nitrogens with one attached hydrogen (secondary N) is 1. The van der Waals surface area contributed by atoms with Crippen molar-refractivity contribution in [3.8, 4) is 11.4 Å². The van der Waals surface area contributed by atoms with Crippen molar-refractivity contribution in [1.29, 1.82) is 0 Å². The maximum atomic E-state index is 13.5. The molecule has 1 aliphatic rings. The van der Waals surface area contributed by atoms with Crippen LogP contribution in [-0.4, -0.2) is 76.0 Å². The maximum absolute atomic E-state index is 13.5. The molecule has 3 aromatic rings. The highest BCUT2D eigenvalue weighted by Gasteiger charge is 2.32. The third kappa shape index (κ3) is 5.71. The summed E-state index contributed by atoms with van der Waals surface area (Å²) in [4.78, 5) is 60.3. The van der Waals surface area contributed by atoms with Gasteiger partial charge in [0.25, 0.3) is 5.91 Å². The third-order valence-electron chi connectivity index (χ3n) is 6.45. The Labute approximate surface area is 213 Å². The fourth-order valence-corrected chi connectivity index (χ4v) is 4.34. The van der Waals surface area contributed by atoms with Gasteiger partial charge < -0.3 is 24.4 Å². The van der Waals surface area contributed by atoms with Gasteiger partial charge >= 0.3 is 0 Å². The van der Waals surface area contributed by atoms with Crippen LogP contribution in [0.5, 0.6) is 0 Å². The molecule has 0 radical (unpaired) electrons. The number of hydrogen-bond acceptors (Lipinski definition) is 9. The molecule has 0 fully saturated rings. The fraction of sp³-hybridized carbons (Fsp3) is 0.346. The Bertz CT molecular complexity index is 1350. The Morgan fingerprint density at radius 3 is 2.84 bits per heavy atom. The number of allylic oxidation sites excluding steroid dienone is 1. The van der Waals surface area contributed by atoms with Crippen LogP contribution in [0.1, 0.15) is 31.6 Å². The van der Waals surface area contributed by atoms with E-state index in [2.05, 4.69) is 20.4 Å². The van der Waals surface area contributed by atoms with E-state index in [-0.39, 0.29) is 36.9 Å². The number of carbonyl (C=O) groups is 4. The average molecular weight is 505 g/mol. The maximum Gasteiger partial charge on any atom is 0.270 e. The number of benzene rings is 1. The summed E-state index contributed by atoms with van der Waals surface area (Å²) >= 11 is 0. The summed E-state index contributed by atoms with van der Waals surface area (Å²) in [6, 6.07) is 6.87. The minimum Gasteiger partial charge on any atom is -0.359 e. The number of fused-ring (bicyclic) bond motifs is 1. The number of pyridine rings is 1. The Morgan fingerprint density at radius 1 is 1.24 bits per heavy atom. The van der Waals surface area contributed by atoms with Crippen molar-refractivity contribution < 1.29 is 23.7 Å². The van der Waals surface area contributed by atoms with Crippen LogP contribution in [0.15, 0.2) is 52.5 Å². The van der Waals surface area contributed by atoms with Crippen molar-refractivity contribution >= 4 is 35.2 Å². The lowest BCUT2D eigenvalue weighted by Crippen LogP contribution is -2.45.